The normalized spacial score (nSPS) is 16.0. The summed E-state index contributed by atoms with van der Waals surface area (Å²) in [6.45, 7) is 0. The number of rotatable bonds is 4. The lowest BCUT2D eigenvalue weighted by molar-refractivity contribution is -0.384. The summed E-state index contributed by atoms with van der Waals surface area (Å²) in [6, 6.07) is 23.0. The first kappa shape index (κ1) is 20.7. The number of aryl methyl sites for hydroxylation is 1. The smallest absolute Gasteiger partial charge is 0.294 e. The molecule has 0 saturated carbocycles. The van der Waals surface area contributed by atoms with Crippen LogP contribution in [-0.4, -0.2) is 9.49 Å². The Kier molecular flexibility index (Phi) is 5.64. The summed E-state index contributed by atoms with van der Waals surface area (Å²) in [5.41, 5.74) is 5.07. The molecule has 1 aromatic heterocycles. The van der Waals surface area contributed by atoms with Crippen molar-refractivity contribution in [3.63, 3.8) is 0 Å². The fourth-order valence-electron chi connectivity index (χ4n) is 4.35. The molecule has 1 aliphatic rings. The average molecular weight is 462 g/mol. The van der Waals surface area contributed by atoms with Crippen molar-refractivity contribution >= 4 is 34.3 Å². The van der Waals surface area contributed by atoms with E-state index in [0.29, 0.717) is 10.7 Å². The first-order valence-corrected chi connectivity index (χ1v) is 11.7. The molecule has 4 aromatic rings. The number of nitrogens with zero attached hydrogens (tertiary/aromatic N) is 3. The maximum absolute atomic E-state index is 11.6. The molecule has 3 aromatic carbocycles. The molecule has 0 radical (unpaired) electrons. The highest BCUT2D eigenvalue weighted by Crippen LogP contribution is 2.36. The minimum atomic E-state index is -0.382. The van der Waals surface area contributed by atoms with Crippen LogP contribution in [0.4, 0.5) is 11.4 Å². The third kappa shape index (κ3) is 3.87. The molecule has 160 valence electrons. The van der Waals surface area contributed by atoms with Crippen molar-refractivity contribution in [3.8, 4) is 11.3 Å². The molecule has 1 aliphatic carbocycles. The van der Waals surface area contributed by atoms with Crippen LogP contribution >= 0.6 is 22.9 Å². The van der Waals surface area contributed by atoms with Gasteiger partial charge in [0.15, 0.2) is 4.80 Å². The number of thiazole rings is 1. The van der Waals surface area contributed by atoms with Crippen LogP contribution in [0.3, 0.4) is 0 Å². The predicted molar refractivity (Wildman–Crippen MR) is 129 cm³/mol. The molecule has 5 rings (SSSR count). The molecule has 1 heterocycles. The highest BCUT2D eigenvalue weighted by molar-refractivity contribution is 7.07. The van der Waals surface area contributed by atoms with E-state index >= 15 is 0 Å². The zero-order valence-corrected chi connectivity index (χ0v) is 18.7. The van der Waals surface area contributed by atoms with Gasteiger partial charge in [-0.1, -0.05) is 60.1 Å². The van der Waals surface area contributed by atoms with E-state index < -0.39 is 0 Å². The number of nitro groups is 1. The number of benzene rings is 3. The molecule has 1 unspecified atom stereocenters. The van der Waals surface area contributed by atoms with E-state index in [2.05, 4.69) is 34.2 Å². The largest absolute Gasteiger partial charge is 0.309 e. The fraction of sp³-hybridized carbons (Fsp3) is 0.160. The van der Waals surface area contributed by atoms with Gasteiger partial charge in [0, 0.05) is 16.5 Å². The first-order valence-electron chi connectivity index (χ1n) is 10.4. The Labute approximate surface area is 194 Å². The Morgan fingerprint density at radius 1 is 1.03 bits per heavy atom. The minimum Gasteiger partial charge on any atom is -0.309 e. The van der Waals surface area contributed by atoms with E-state index in [9.17, 15) is 10.1 Å². The molecular formula is C25H20ClN3O2S. The number of nitro benzene ring substituents is 1. The van der Waals surface area contributed by atoms with Crippen LogP contribution in [0.5, 0.6) is 0 Å². The van der Waals surface area contributed by atoms with Gasteiger partial charge in [0.2, 0.25) is 0 Å². The van der Waals surface area contributed by atoms with E-state index in [0.717, 1.165) is 35.3 Å². The molecular weight excluding hydrogens is 442 g/mol. The summed E-state index contributed by atoms with van der Waals surface area (Å²) in [5, 5.41) is 14.3. The third-order valence-electron chi connectivity index (χ3n) is 5.83. The monoisotopic (exact) mass is 461 g/mol. The third-order valence-corrected chi connectivity index (χ3v) is 6.92. The lowest BCUT2D eigenvalue weighted by atomic mass is 9.87. The van der Waals surface area contributed by atoms with Gasteiger partial charge in [-0.3, -0.25) is 10.1 Å². The van der Waals surface area contributed by atoms with Crippen molar-refractivity contribution in [2.75, 3.05) is 0 Å². The molecule has 1 atom stereocenters. The van der Waals surface area contributed by atoms with Gasteiger partial charge >= 0.3 is 0 Å². The quantitative estimate of drug-likeness (QED) is 0.244. The van der Waals surface area contributed by atoms with Gasteiger partial charge in [0.05, 0.1) is 16.7 Å². The zero-order valence-electron chi connectivity index (χ0n) is 17.1. The van der Waals surface area contributed by atoms with E-state index in [1.807, 2.05) is 24.3 Å². The van der Waals surface area contributed by atoms with Crippen molar-refractivity contribution in [2.45, 2.75) is 25.3 Å². The number of para-hydroxylation sites is 2. The van der Waals surface area contributed by atoms with Gasteiger partial charge in [-0.25, -0.2) is 4.99 Å². The van der Waals surface area contributed by atoms with Gasteiger partial charge < -0.3 is 4.57 Å². The summed E-state index contributed by atoms with van der Waals surface area (Å²) in [5.74, 6) is 0. The predicted octanol–water partition coefficient (Wildman–Crippen LogP) is 6.94. The van der Waals surface area contributed by atoms with Crippen LogP contribution in [0.15, 0.2) is 83.2 Å². The fourth-order valence-corrected chi connectivity index (χ4v) is 5.43. The number of fused-ring (bicyclic) bond motifs is 1. The lowest BCUT2D eigenvalue weighted by Gasteiger charge is -2.28. The molecule has 5 nitrogen and oxygen atoms in total. The molecule has 0 saturated heterocycles. The second-order valence-corrected chi connectivity index (χ2v) is 9.02. The van der Waals surface area contributed by atoms with Crippen molar-refractivity contribution in [3.05, 3.63) is 109 Å². The Morgan fingerprint density at radius 3 is 2.59 bits per heavy atom. The number of hydrogen-bond acceptors (Lipinski definition) is 4. The van der Waals surface area contributed by atoms with Gasteiger partial charge in [-0.2, -0.15) is 0 Å². The van der Waals surface area contributed by atoms with E-state index in [-0.39, 0.29) is 16.7 Å². The topological polar surface area (TPSA) is 60.4 Å². The van der Waals surface area contributed by atoms with Crippen LogP contribution in [0.25, 0.3) is 11.3 Å². The van der Waals surface area contributed by atoms with Crippen molar-refractivity contribution < 1.29 is 4.92 Å². The van der Waals surface area contributed by atoms with Crippen LogP contribution < -0.4 is 4.80 Å². The van der Waals surface area contributed by atoms with E-state index in [1.54, 1.807) is 18.2 Å². The van der Waals surface area contributed by atoms with Crippen molar-refractivity contribution in [1.29, 1.82) is 0 Å². The summed E-state index contributed by atoms with van der Waals surface area (Å²) in [4.78, 5) is 16.7. The number of aromatic nitrogens is 1. The van der Waals surface area contributed by atoms with Crippen LogP contribution in [0.2, 0.25) is 5.02 Å². The van der Waals surface area contributed by atoms with E-state index in [1.165, 1.54) is 28.5 Å². The Bertz CT molecular complexity index is 1360. The summed E-state index contributed by atoms with van der Waals surface area (Å²) in [7, 11) is 0. The average Bonchev–Trinajstić information content (AvgIpc) is 3.22. The van der Waals surface area contributed by atoms with Gasteiger partial charge in [0.25, 0.3) is 5.69 Å². The molecule has 0 bridgehead atoms. The van der Waals surface area contributed by atoms with Gasteiger partial charge in [-0.05, 0) is 54.2 Å². The second-order valence-electron chi connectivity index (χ2n) is 7.74. The summed E-state index contributed by atoms with van der Waals surface area (Å²) >= 11 is 7.63. The molecule has 0 N–H and O–H groups in total. The molecule has 0 aliphatic heterocycles. The number of hydrogen-bond donors (Lipinski definition) is 0. The minimum absolute atomic E-state index is 0.00420. The highest BCUT2D eigenvalue weighted by Gasteiger charge is 2.25. The van der Waals surface area contributed by atoms with Gasteiger partial charge in [0.1, 0.15) is 5.69 Å². The summed E-state index contributed by atoms with van der Waals surface area (Å²) < 4.78 is 2.24. The Hall–Kier alpha value is -3.22. The SMILES string of the molecule is O=[N+]([O-])c1ccccc1N=c1scc(-c2ccc(Cl)cc2)n1C1CCCc2ccccc21. The highest BCUT2D eigenvalue weighted by atomic mass is 35.5. The number of halogens is 1. The maximum atomic E-state index is 11.6. The second kappa shape index (κ2) is 8.73. The molecule has 0 fully saturated rings. The molecule has 0 spiro atoms. The maximum Gasteiger partial charge on any atom is 0.294 e. The van der Waals surface area contributed by atoms with Crippen molar-refractivity contribution in [1.82, 2.24) is 4.57 Å². The van der Waals surface area contributed by atoms with Crippen LogP contribution in [-0.2, 0) is 6.42 Å². The van der Waals surface area contributed by atoms with Crippen LogP contribution in [0, 0.1) is 10.1 Å². The Morgan fingerprint density at radius 2 is 1.78 bits per heavy atom. The summed E-state index contributed by atoms with van der Waals surface area (Å²) in [6.07, 6.45) is 3.12. The van der Waals surface area contributed by atoms with Crippen molar-refractivity contribution in [2.24, 2.45) is 4.99 Å². The molecule has 0 amide bonds. The van der Waals surface area contributed by atoms with Gasteiger partial charge in [-0.15, -0.1) is 11.3 Å². The van der Waals surface area contributed by atoms with Crippen LogP contribution in [0.1, 0.15) is 30.0 Å². The molecule has 7 heteroatoms. The molecule has 32 heavy (non-hydrogen) atoms. The first-order chi connectivity index (χ1) is 15.6. The zero-order chi connectivity index (χ0) is 22.1. The van der Waals surface area contributed by atoms with E-state index in [4.69, 9.17) is 16.6 Å². The Balaban J connectivity index is 1.75. The standard InChI is InChI=1S/C25H20ClN3O2S/c26-19-14-12-18(13-15-19)24-16-32-25(27-21-9-3-4-10-23(21)29(30)31)28(24)22-11-5-7-17-6-1-2-8-20(17)22/h1-4,6,8-10,12-16,22H,5,7,11H2. The lowest BCUT2D eigenvalue weighted by Crippen LogP contribution is -2.26.